The van der Waals surface area contributed by atoms with Crippen molar-refractivity contribution in [2.24, 2.45) is 11.3 Å². The molecule has 1 N–H and O–H groups in total. The molecule has 22 heavy (non-hydrogen) atoms. The molecule has 2 fully saturated rings. The van der Waals surface area contributed by atoms with Crippen LogP contribution in [0.15, 0.2) is 0 Å². The molecule has 128 valence electrons. The third kappa shape index (κ3) is 4.33. The van der Waals surface area contributed by atoms with Crippen molar-refractivity contribution in [3.63, 3.8) is 0 Å². The molecule has 1 saturated heterocycles. The Morgan fingerprint density at radius 1 is 1.27 bits per heavy atom. The number of methoxy groups -OCH3 is 1. The molecule has 0 bridgehead atoms. The van der Waals surface area contributed by atoms with Gasteiger partial charge >= 0.3 is 0 Å². The number of piperidine rings is 1. The lowest BCUT2D eigenvalue weighted by Crippen LogP contribution is -2.43. The van der Waals surface area contributed by atoms with E-state index in [0.29, 0.717) is 13.2 Å². The number of hydrogen-bond donors (Lipinski definition) is 1. The Kier molecular flexibility index (Phi) is 7.09. The third-order valence-corrected chi connectivity index (χ3v) is 4.79. The lowest BCUT2D eigenvalue weighted by atomic mass is 9.91. The Hall–Kier alpha value is -0.850. The quantitative estimate of drug-likeness (QED) is 0.762. The molecule has 1 spiro atoms. The van der Waals surface area contributed by atoms with Crippen LogP contribution in [0.1, 0.15) is 19.3 Å². The third-order valence-electron chi connectivity index (χ3n) is 4.79. The fourth-order valence-corrected chi connectivity index (χ4v) is 3.17. The summed E-state index contributed by atoms with van der Waals surface area (Å²) >= 11 is 0. The maximum absolute atomic E-state index is 12.7. The van der Waals surface area contributed by atoms with Crippen LogP contribution in [0.5, 0.6) is 0 Å². The number of amides is 2. The van der Waals surface area contributed by atoms with E-state index in [-0.39, 0.29) is 42.1 Å². The lowest BCUT2D eigenvalue weighted by Gasteiger charge is -2.27. The normalized spacial score (nSPS) is 21.9. The molecule has 2 aliphatic rings. The van der Waals surface area contributed by atoms with Crippen molar-refractivity contribution < 1.29 is 14.3 Å². The van der Waals surface area contributed by atoms with Gasteiger partial charge in [-0.15, -0.1) is 12.4 Å². The lowest BCUT2D eigenvalue weighted by molar-refractivity contribution is -0.141. The van der Waals surface area contributed by atoms with Crippen molar-refractivity contribution in [3.8, 4) is 0 Å². The summed E-state index contributed by atoms with van der Waals surface area (Å²) in [5, 5.41) is 3.34. The minimum Gasteiger partial charge on any atom is -0.383 e. The van der Waals surface area contributed by atoms with Crippen LogP contribution >= 0.6 is 12.4 Å². The first-order valence-corrected chi connectivity index (χ1v) is 7.69. The molecule has 1 heterocycles. The second-order valence-electron chi connectivity index (χ2n) is 6.41. The fraction of sp³-hybridized carbons (Fsp3) is 0.867. The summed E-state index contributed by atoms with van der Waals surface area (Å²) in [5.74, 6) is 0.190. The van der Waals surface area contributed by atoms with E-state index < -0.39 is 0 Å². The Bertz CT molecular complexity index is 397. The number of nitrogens with one attached hydrogen (secondary N) is 1. The van der Waals surface area contributed by atoms with Crippen LogP contribution in [0.25, 0.3) is 0 Å². The molecule has 0 aromatic heterocycles. The Labute approximate surface area is 138 Å². The van der Waals surface area contributed by atoms with Gasteiger partial charge in [0.1, 0.15) is 0 Å². The summed E-state index contributed by atoms with van der Waals surface area (Å²) < 4.78 is 5.07. The van der Waals surface area contributed by atoms with Crippen molar-refractivity contribution in [3.05, 3.63) is 0 Å². The number of carbonyl (C=O) groups excluding carboxylic acids is 2. The fourth-order valence-electron chi connectivity index (χ4n) is 3.17. The van der Waals surface area contributed by atoms with Crippen LogP contribution in [0.4, 0.5) is 0 Å². The van der Waals surface area contributed by atoms with Gasteiger partial charge in [-0.3, -0.25) is 9.59 Å². The molecule has 1 atom stereocenters. The molecule has 7 heteroatoms. The highest BCUT2D eigenvalue weighted by molar-refractivity contribution is 5.87. The molecule has 6 nitrogen and oxygen atoms in total. The number of nitrogens with zero attached hydrogens (tertiary/aromatic N) is 2. The molecule has 0 aromatic carbocycles. The van der Waals surface area contributed by atoms with Gasteiger partial charge < -0.3 is 19.9 Å². The summed E-state index contributed by atoms with van der Waals surface area (Å²) in [6, 6.07) is 0. The van der Waals surface area contributed by atoms with E-state index in [1.165, 1.54) is 4.90 Å². The molecule has 2 rings (SSSR count). The van der Waals surface area contributed by atoms with Crippen LogP contribution in [0.3, 0.4) is 0 Å². The maximum Gasteiger partial charge on any atom is 0.241 e. The van der Waals surface area contributed by atoms with E-state index in [1.807, 2.05) is 0 Å². The second-order valence-corrected chi connectivity index (χ2v) is 6.41. The molecule has 1 saturated carbocycles. The average molecular weight is 334 g/mol. The van der Waals surface area contributed by atoms with E-state index in [9.17, 15) is 9.59 Å². The molecule has 2 amide bonds. The van der Waals surface area contributed by atoms with Crippen molar-refractivity contribution in [1.29, 1.82) is 0 Å². The smallest absolute Gasteiger partial charge is 0.241 e. The number of carbonyl (C=O) groups is 2. The highest BCUT2D eigenvalue weighted by Gasteiger charge is 2.58. The first-order valence-electron chi connectivity index (χ1n) is 7.69. The minimum absolute atomic E-state index is 0. The van der Waals surface area contributed by atoms with Gasteiger partial charge in [0.05, 0.1) is 13.2 Å². The van der Waals surface area contributed by atoms with E-state index in [2.05, 4.69) is 5.32 Å². The van der Waals surface area contributed by atoms with Crippen LogP contribution in [0.2, 0.25) is 0 Å². The molecule has 1 aliphatic carbocycles. The Balaban J connectivity index is 0.00000242. The zero-order chi connectivity index (χ0) is 15.5. The zero-order valence-corrected chi connectivity index (χ0v) is 14.6. The predicted octanol–water partition coefficient (Wildman–Crippen LogP) is 0.361. The highest BCUT2D eigenvalue weighted by Crippen LogP contribution is 2.59. The van der Waals surface area contributed by atoms with E-state index in [4.69, 9.17) is 4.74 Å². The van der Waals surface area contributed by atoms with Gasteiger partial charge in [-0.1, -0.05) is 0 Å². The maximum atomic E-state index is 12.7. The monoisotopic (exact) mass is 333 g/mol. The van der Waals surface area contributed by atoms with Gasteiger partial charge in [-0.25, -0.2) is 0 Å². The molecule has 0 radical (unpaired) electrons. The summed E-state index contributed by atoms with van der Waals surface area (Å²) in [4.78, 5) is 27.8. The summed E-state index contributed by atoms with van der Waals surface area (Å²) in [5.41, 5.74) is 0.203. The van der Waals surface area contributed by atoms with Gasteiger partial charge in [-0.05, 0) is 37.8 Å². The van der Waals surface area contributed by atoms with Gasteiger partial charge in [0.25, 0.3) is 0 Å². The highest BCUT2D eigenvalue weighted by atomic mass is 35.5. The summed E-state index contributed by atoms with van der Waals surface area (Å²) in [7, 11) is 5.04. The molecule has 0 aromatic rings. The Morgan fingerprint density at radius 3 is 2.45 bits per heavy atom. The molecular formula is C15H28ClN3O3. The predicted molar refractivity (Wildman–Crippen MR) is 87.0 cm³/mol. The SMILES string of the molecule is COCCN(CC(=O)N(C)C)C(=O)C1CC12CCNCC2.Cl. The van der Waals surface area contributed by atoms with Gasteiger partial charge in [0, 0.05) is 33.7 Å². The van der Waals surface area contributed by atoms with Gasteiger partial charge in [0.2, 0.25) is 11.8 Å². The number of likely N-dealkylation sites (N-methyl/N-ethyl adjacent to an activating group) is 1. The van der Waals surface area contributed by atoms with Crippen molar-refractivity contribution in [2.75, 3.05) is 54.0 Å². The standard InChI is InChI=1S/C15H27N3O3.ClH/c1-17(2)13(19)11-18(8-9-21-3)14(20)12-10-15(12)4-6-16-7-5-15;/h12,16H,4-11H2,1-3H3;1H. The van der Waals surface area contributed by atoms with Crippen molar-refractivity contribution >= 4 is 24.2 Å². The van der Waals surface area contributed by atoms with Gasteiger partial charge in [-0.2, -0.15) is 0 Å². The number of rotatable bonds is 6. The van der Waals surface area contributed by atoms with Gasteiger partial charge in [0.15, 0.2) is 0 Å². The number of hydrogen-bond acceptors (Lipinski definition) is 4. The van der Waals surface area contributed by atoms with E-state index in [0.717, 1.165) is 32.4 Å². The molecule has 1 aliphatic heterocycles. The van der Waals surface area contributed by atoms with Crippen LogP contribution in [-0.4, -0.2) is 75.6 Å². The summed E-state index contributed by atoms with van der Waals surface area (Å²) in [6.45, 7) is 3.10. The van der Waals surface area contributed by atoms with Crippen molar-refractivity contribution in [1.82, 2.24) is 15.1 Å². The topological polar surface area (TPSA) is 61.9 Å². The average Bonchev–Trinajstić information content (AvgIpc) is 3.16. The minimum atomic E-state index is -0.0422. The van der Waals surface area contributed by atoms with Crippen LogP contribution < -0.4 is 5.32 Å². The summed E-state index contributed by atoms with van der Waals surface area (Å²) in [6.07, 6.45) is 3.12. The zero-order valence-electron chi connectivity index (χ0n) is 13.8. The largest absolute Gasteiger partial charge is 0.383 e. The van der Waals surface area contributed by atoms with Crippen LogP contribution in [0, 0.1) is 11.3 Å². The van der Waals surface area contributed by atoms with Crippen molar-refractivity contribution in [2.45, 2.75) is 19.3 Å². The first kappa shape index (κ1) is 19.2. The second kappa shape index (κ2) is 8.13. The number of ether oxygens (including phenoxy) is 1. The number of halogens is 1. The van der Waals surface area contributed by atoms with Crippen LogP contribution in [-0.2, 0) is 14.3 Å². The molecule has 1 unspecified atom stereocenters. The molecular weight excluding hydrogens is 306 g/mol. The first-order chi connectivity index (χ1) is 10.00. The van der Waals surface area contributed by atoms with E-state index >= 15 is 0 Å². The van der Waals surface area contributed by atoms with E-state index in [1.54, 1.807) is 26.1 Å². The Morgan fingerprint density at radius 2 is 1.91 bits per heavy atom.